The fourth-order valence-electron chi connectivity index (χ4n) is 2.52. The summed E-state index contributed by atoms with van der Waals surface area (Å²) in [5, 5.41) is 20.4. The number of likely N-dealkylation sites (N-methyl/N-ethyl adjacent to an activating group) is 1. The highest BCUT2D eigenvalue weighted by molar-refractivity contribution is 7.61. The molecule has 31 heavy (non-hydrogen) atoms. The summed E-state index contributed by atoms with van der Waals surface area (Å²) in [5.41, 5.74) is 4.56. The molecule has 1 aromatic rings. The number of anilines is 1. The van der Waals surface area contributed by atoms with Crippen LogP contribution in [0.2, 0.25) is 0 Å². The van der Waals surface area contributed by atoms with Gasteiger partial charge < -0.3 is 35.0 Å². The molecule has 0 radical (unpaired) electrons. The van der Waals surface area contributed by atoms with Crippen LogP contribution < -0.4 is 11.4 Å². The highest BCUT2D eigenvalue weighted by Gasteiger charge is 2.46. The molecule has 0 unspecified atom stereocenters. The van der Waals surface area contributed by atoms with Gasteiger partial charge in [0.2, 0.25) is 0 Å². The molecule has 1 fully saturated rings. The molecule has 2 rings (SSSR count). The third-order valence-electron chi connectivity index (χ3n) is 4.08. The third-order valence-corrected chi connectivity index (χ3v) is 6.69. The molecule has 0 amide bonds. The number of quaternary nitrogens is 1. The van der Waals surface area contributed by atoms with Crippen LogP contribution in [0.1, 0.15) is 6.23 Å². The molecule has 2 heterocycles. The van der Waals surface area contributed by atoms with Crippen molar-refractivity contribution in [3.63, 3.8) is 0 Å². The van der Waals surface area contributed by atoms with Crippen molar-refractivity contribution >= 4 is 21.5 Å². The third kappa shape index (κ3) is 7.70. The number of hydrogen-bond donors (Lipinski definition) is 5. The van der Waals surface area contributed by atoms with Gasteiger partial charge in [-0.2, -0.15) is 9.29 Å². The SMILES string of the molecule is C[N+](C)(C)CCO[P@@](=O)(OC[C@H]1O[C@@H](n2ccc(N)nc2=O)[C@H](O)[C@@H]1O)OP(=O)(O)O. The number of ether oxygens (including phenoxy) is 1. The maximum absolute atomic E-state index is 12.7. The van der Waals surface area contributed by atoms with E-state index in [-0.39, 0.29) is 12.4 Å². The van der Waals surface area contributed by atoms with Gasteiger partial charge in [0.05, 0.1) is 27.7 Å². The standard InChI is InChI=1S/C14H26N4O11P2/c1-18(2,3)6-7-26-31(25,29-30(22,23)24)27-8-9-11(19)12(20)13(28-9)17-5-4-10(15)16-14(17)21/h4-5,9,11-13,19-20H,6-8H2,1-3H3,(H3-,15,16,21,22,23,24)/p+1/t9-,11-,12-,13-,31+/m1/s1. The fraction of sp³-hybridized carbons (Fsp3) is 0.714. The van der Waals surface area contributed by atoms with Gasteiger partial charge in [-0.15, -0.1) is 0 Å². The van der Waals surface area contributed by atoms with Crippen molar-refractivity contribution in [3.05, 3.63) is 22.7 Å². The smallest absolute Gasteiger partial charge is 0.387 e. The second-order valence-corrected chi connectivity index (χ2v) is 10.8. The molecule has 0 bridgehead atoms. The summed E-state index contributed by atoms with van der Waals surface area (Å²) in [7, 11) is -4.63. The molecular formula is C14H27N4O11P2+. The fourth-order valence-corrected chi connectivity index (χ4v) is 4.65. The summed E-state index contributed by atoms with van der Waals surface area (Å²) < 4.78 is 44.6. The Hall–Kier alpha value is -1.22. The second-order valence-electron chi connectivity index (χ2n) is 7.75. The lowest BCUT2D eigenvalue weighted by Gasteiger charge is -2.25. The summed E-state index contributed by atoms with van der Waals surface area (Å²) in [4.78, 5) is 33.5. The first kappa shape index (κ1) is 26.0. The summed E-state index contributed by atoms with van der Waals surface area (Å²) in [6.45, 7) is -0.672. The van der Waals surface area contributed by atoms with Crippen LogP contribution in [0, 0.1) is 0 Å². The van der Waals surface area contributed by atoms with Gasteiger partial charge in [-0.1, -0.05) is 0 Å². The average Bonchev–Trinajstić information content (AvgIpc) is 2.86. The molecule has 0 saturated carbocycles. The van der Waals surface area contributed by atoms with Crippen molar-refractivity contribution in [3.8, 4) is 0 Å². The van der Waals surface area contributed by atoms with E-state index in [9.17, 15) is 24.1 Å². The van der Waals surface area contributed by atoms with Crippen molar-refractivity contribution in [2.45, 2.75) is 24.5 Å². The van der Waals surface area contributed by atoms with E-state index in [1.165, 1.54) is 12.3 Å². The van der Waals surface area contributed by atoms with Crippen molar-refractivity contribution in [2.24, 2.45) is 0 Å². The number of phosphoric ester groups is 1. The zero-order valence-electron chi connectivity index (χ0n) is 17.0. The molecule has 0 aliphatic carbocycles. The van der Waals surface area contributed by atoms with E-state index in [0.717, 1.165) is 4.57 Å². The number of rotatable bonds is 10. The topological polar surface area (TPSA) is 213 Å². The van der Waals surface area contributed by atoms with Crippen LogP contribution in [0.25, 0.3) is 0 Å². The molecule has 1 aliphatic heterocycles. The van der Waals surface area contributed by atoms with Crippen LogP contribution in [0.5, 0.6) is 0 Å². The second kappa shape index (κ2) is 9.73. The summed E-state index contributed by atoms with van der Waals surface area (Å²) in [6.07, 6.45) is -4.72. The molecule has 0 aromatic carbocycles. The summed E-state index contributed by atoms with van der Waals surface area (Å²) in [6, 6.07) is 1.28. The maximum Gasteiger partial charge on any atom is 0.484 e. The minimum atomic E-state index is -5.26. The molecule has 1 aromatic heterocycles. The first-order valence-corrected chi connectivity index (χ1v) is 11.9. The Labute approximate surface area is 177 Å². The lowest BCUT2D eigenvalue weighted by atomic mass is 10.1. The molecular weight excluding hydrogens is 462 g/mol. The number of phosphoric acid groups is 2. The maximum atomic E-state index is 12.7. The van der Waals surface area contributed by atoms with Gasteiger partial charge in [0.15, 0.2) is 6.23 Å². The van der Waals surface area contributed by atoms with Crippen LogP contribution in [0.15, 0.2) is 17.1 Å². The van der Waals surface area contributed by atoms with E-state index in [1.807, 2.05) is 0 Å². The zero-order chi connectivity index (χ0) is 23.6. The summed E-state index contributed by atoms with van der Waals surface area (Å²) >= 11 is 0. The highest BCUT2D eigenvalue weighted by Crippen LogP contribution is 2.61. The Bertz CT molecular complexity index is 914. The van der Waals surface area contributed by atoms with Gasteiger partial charge in [0.1, 0.15) is 37.3 Å². The minimum Gasteiger partial charge on any atom is -0.387 e. The molecule has 1 aliphatic rings. The Morgan fingerprint density at radius 1 is 1.23 bits per heavy atom. The molecule has 0 spiro atoms. The van der Waals surface area contributed by atoms with E-state index in [4.69, 9.17) is 29.3 Å². The predicted molar refractivity (Wildman–Crippen MR) is 104 cm³/mol. The molecule has 17 heteroatoms. The normalized spacial score (nSPS) is 26.7. The largest absolute Gasteiger partial charge is 0.484 e. The number of aromatic nitrogens is 2. The van der Waals surface area contributed by atoms with Gasteiger partial charge in [0, 0.05) is 6.20 Å². The molecule has 15 nitrogen and oxygen atoms in total. The van der Waals surface area contributed by atoms with Gasteiger partial charge in [0.25, 0.3) is 0 Å². The van der Waals surface area contributed by atoms with E-state index in [2.05, 4.69) is 9.29 Å². The van der Waals surface area contributed by atoms with E-state index >= 15 is 0 Å². The van der Waals surface area contributed by atoms with Crippen molar-refractivity contribution < 1.29 is 51.7 Å². The molecule has 6 N–H and O–H groups in total. The first-order valence-electron chi connectivity index (χ1n) is 8.93. The lowest BCUT2D eigenvalue weighted by molar-refractivity contribution is -0.870. The van der Waals surface area contributed by atoms with E-state index in [1.54, 1.807) is 21.1 Å². The Morgan fingerprint density at radius 3 is 2.42 bits per heavy atom. The van der Waals surface area contributed by atoms with Crippen LogP contribution in [-0.2, 0) is 27.2 Å². The van der Waals surface area contributed by atoms with E-state index in [0.29, 0.717) is 11.0 Å². The number of hydrogen-bond acceptors (Lipinski definition) is 11. The monoisotopic (exact) mass is 489 g/mol. The van der Waals surface area contributed by atoms with Crippen LogP contribution in [0.4, 0.5) is 5.82 Å². The zero-order valence-corrected chi connectivity index (χ0v) is 18.8. The van der Waals surface area contributed by atoms with Crippen LogP contribution in [-0.4, -0.2) is 93.2 Å². The summed E-state index contributed by atoms with van der Waals surface area (Å²) in [5.74, 6) is -0.0595. The lowest BCUT2D eigenvalue weighted by Crippen LogP contribution is -2.37. The number of aliphatic hydroxyl groups is 2. The Morgan fingerprint density at radius 2 is 1.87 bits per heavy atom. The Balaban J connectivity index is 2.10. The quantitative estimate of drug-likeness (QED) is 0.185. The Kier molecular flexibility index (Phi) is 8.17. The van der Waals surface area contributed by atoms with Gasteiger partial charge >= 0.3 is 21.3 Å². The van der Waals surface area contributed by atoms with Crippen molar-refractivity contribution in [1.82, 2.24) is 9.55 Å². The molecule has 1 saturated heterocycles. The van der Waals surface area contributed by atoms with Crippen molar-refractivity contribution in [1.29, 1.82) is 0 Å². The number of nitrogens with zero attached hydrogens (tertiary/aromatic N) is 3. The highest BCUT2D eigenvalue weighted by atomic mass is 31.3. The predicted octanol–water partition coefficient (Wildman–Crippen LogP) is -1.60. The minimum absolute atomic E-state index is 0.0595. The van der Waals surface area contributed by atoms with Crippen LogP contribution in [0.3, 0.4) is 0 Å². The number of nitrogens with two attached hydrogens (primary N) is 1. The first-order chi connectivity index (χ1) is 14.1. The van der Waals surface area contributed by atoms with Gasteiger partial charge in [-0.05, 0) is 6.07 Å². The molecule has 178 valence electrons. The average molecular weight is 489 g/mol. The van der Waals surface area contributed by atoms with E-state index < -0.39 is 52.5 Å². The molecule has 5 atom stereocenters. The number of nitrogen functional groups attached to an aromatic ring is 1. The number of aliphatic hydroxyl groups excluding tert-OH is 2. The van der Waals surface area contributed by atoms with Crippen molar-refractivity contribution in [2.75, 3.05) is 46.6 Å². The van der Waals surface area contributed by atoms with Crippen LogP contribution >= 0.6 is 15.6 Å². The van der Waals surface area contributed by atoms with Gasteiger partial charge in [-0.25, -0.2) is 13.9 Å². The van der Waals surface area contributed by atoms with Gasteiger partial charge in [-0.3, -0.25) is 13.6 Å².